The molecule has 6 N–H and O–H groups in total. The number of benzene rings is 2. The van der Waals surface area contributed by atoms with Crippen molar-refractivity contribution in [3.63, 3.8) is 0 Å². The molecular formula is C35H54N4O6. The Balaban J connectivity index is 0. The second-order valence-electron chi connectivity index (χ2n) is 9.43. The molecule has 0 saturated heterocycles. The van der Waals surface area contributed by atoms with Crippen LogP contribution in [0.15, 0.2) is 97.1 Å². The van der Waals surface area contributed by atoms with E-state index in [1.54, 1.807) is 0 Å². The highest BCUT2D eigenvalue weighted by atomic mass is 16.5. The molecule has 0 fully saturated rings. The first kappa shape index (κ1) is 43.0. The maximum Gasteiger partial charge on any atom is 0.407 e. The zero-order valence-corrected chi connectivity index (χ0v) is 26.8. The summed E-state index contributed by atoms with van der Waals surface area (Å²) in [4.78, 5) is 30.5. The van der Waals surface area contributed by atoms with Crippen LogP contribution in [0, 0.1) is 0 Å². The Morgan fingerprint density at radius 3 is 2.11 bits per heavy atom. The van der Waals surface area contributed by atoms with Gasteiger partial charge in [-0.3, -0.25) is 9.69 Å². The lowest BCUT2D eigenvalue weighted by Gasteiger charge is -2.22. The van der Waals surface area contributed by atoms with Gasteiger partial charge in [-0.1, -0.05) is 91.5 Å². The fourth-order valence-corrected chi connectivity index (χ4v) is 3.70. The number of alkyl carbamates (subject to hydrolysis) is 1. The summed E-state index contributed by atoms with van der Waals surface area (Å²) in [6, 6.07) is 20.0. The number of rotatable bonds is 19. The molecule has 0 atom stereocenters. The topological polar surface area (TPSA) is 154 Å². The molecule has 0 saturated carbocycles. The average Bonchev–Trinajstić information content (AvgIpc) is 3.08. The molecule has 10 nitrogen and oxygen atoms in total. The van der Waals surface area contributed by atoms with Crippen LogP contribution in [0.5, 0.6) is 0 Å². The molecule has 0 bridgehead atoms. The Hall–Kier alpha value is -4.09. The molecule has 0 aromatic heterocycles. The highest BCUT2D eigenvalue weighted by Gasteiger charge is 2.07. The highest BCUT2D eigenvalue weighted by Crippen LogP contribution is 2.07. The summed E-state index contributed by atoms with van der Waals surface area (Å²) in [7, 11) is 0. The van der Waals surface area contributed by atoms with E-state index in [1.807, 2.05) is 80.5 Å². The normalized spacial score (nSPS) is 10.4. The van der Waals surface area contributed by atoms with Crippen LogP contribution in [0.25, 0.3) is 0 Å². The Kier molecular flexibility index (Phi) is 32.9. The van der Waals surface area contributed by atoms with E-state index in [0.29, 0.717) is 6.54 Å². The standard InChI is InChI=1S/C22H30N2O3.C11H20N2.CH2O2.CH2O/c25-17-8-7-15-24(18-20-10-3-1-4-11-20)16-9-14-23-22(26)27-19-21-12-5-2-6-13-21;1-3-5-7-11(4-2)10-13-9-6-8-12;2-1-3;1-2/h1-6,10-13,25H,7-9,14-19H2,(H,23,26);3-5,7,13H,2,6,8-10,12H2,1H3;1H,(H,2,3);1H2/b;5-3-,11-7+;;. The number of nitrogens with zero attached hydrogens (tertiary/aromatic N) is 1. The van der Waals surface area contributed by atoms with Crippen LogP contribution in [-0.4, -0.2) is 80.3 Å². The molecule has 10 heteroatoms. The SMILES string of the molecule is C=C/C(=C\C=C/C)CNCCCN.C=O.O=C(NCCCN(CCCCO)Cc1ccccc1)OCc1ccccc1.O=CO. The fraction of sp³-hybridized carbons (Fsp3) is 0.400. The minimum Gasteiger partial charge on any atom is -0.483 e. The van der Waals surface area contributed by atoms with E-state index in [9.17, 15) is 4.79 Å². The predicted molar refractivity (Wildman–Crippen MR) is 183 cm³/mol. The van der Waals surface area contributed by atoms with Gasteiger partial charge in [0.05, 0.1) is 0 Å². The molecule has 0 aliphatic carbocycles. The first-order valence-corrected chi connectivity index (χ1v) is 15.1. The highest BCUT2D eigenvalue weighted by molar-refractivity contribution is 5.67. The molecule has 0 heterocycles. The van der Waals surface area contributed by atoms with Crippen molar-refractivity contribution in [2.45, 2.75) is 45.8 Å². The van der Waals surface area contributed by atoms with Crippen molar-refractivity contribution < 1.29 is 29.3 Å². The van der Waals surface area contributed by atoms with Crippen LogP contribution < -0.4 is 16.4 Å². The number of carbonyl (C=O) groups excluding carboxylic acids is 2. The second kappa shape index (κ2) is 34.4. The van der Waals surface area contributed by atoms with Gasteiger partial charge in [0.2, 0.25) is 0 Å². The molecule has 2 aromatic rings. The van der Waals surface area contributed by atoms with Gasteiger partial charge in [0.1, 0.15) is 13.4 Å². The molecule has 2 rings (SSSR count). The maximum atomic E-state index is 11.8. The van der Waals surface area contributed by atoms with Crippen LogP contribution in [0.1, 0.15) is 43.7 Å². The summed E-state index contributed by atoms with van der Waals surface area (Å²) in [6.07, 6.45) is 11.2. The molecule has 45 heavy (non-hydrogen) atoms. The van der Waals surface area contributed by atoms with Crippen molar-refractivity contribution in [2.75, 3.05) is 45.9 Å². The van der Waals surface area contributed by atoms with Crippen molar-refractivity contribution in [3.8, 4) is 0 Å². The Morgan fingerprint density at radius 2 is 1.56 bits per heavy atom. The number of aliphatic hydroxyl groups excluding tert-OH is 1. The zero-order chi connectivity index (χ0) is 33.8. The number of nitrogens with one attached hydrogen (secondary N) is 2. The zero-order valence-electron chi connectivity index (χ0n) is 26.8. The molecule has 1 amide bonds. The van der Waals surface area contributed by atoms with Crippen LogP contribution in [0.2, 0.25) is 0 Å². The third-order valence-electron chi connectivity index (χ3n) is 5.92. The van der Waals surface area contributed by atoms with Crippen molar-refractivity contribution in [3.05, 3.63) is 108 Å². The van der Waals surface area contributed by atoms with Gasteiger partial charge in [-0.25, -0.2) is 4.79 Å². The number of hydrogen-bond donors (Lipinski definition) is 5. The minimum atomic E-state index is -0.381. The monoisotopic (exact) mass is 626 g/mol. The molecule has 2 aromatic carbocycles. The van der Waals surface area contributed by atoms with Gasteiger partial charge in [-0.05, 0) is 68.9 Å². The second-order valence-corrected chi connectivity index (χ2v) is 9.43. The van der Waals surface area contributed by atoms with E-state index in [4.69, 9.17) is 30.3 Å². The number of hydrogen-bond acceptors (Lipinski definition) is 8. The number of carboxylic acid groups (broad SMARTS) is 1. The van der Waals surface area contributed by atoms with Crippen molar-refractivity contribution >= 4 is 19.4 Å². The number of aliphatic hydroxyl groups is 1. The van der Waals surface area contributed by atoms with Gasteiger partial charge in [-0.15, -0.1) is 0 Å². The van der Waals surface area contributed by atoms with Gasteiger partial charge in [-0.2, -0.15) is 0 Å². The molecule has 0 spiro atoms. The smallest absolute Gasteiger partial charge is 0.407 e. The number of unbranched alkanes of at least 4 members (excludes halogenated alkanes) is 1. The van der Waals surface area contributed by atoms with Gasteiger partial charge >= 0.3 is 6.09 Å². The summed E-state index contributed by atoms with van der Waals surface area (Å²) in [5, 5.41) is 22.0. The van der Waals surface area contributed by atoms with E-state index in [-0.39, 0.29) is 25.8 Å². The molecule has 0 aliphatic rings. The van der Waals surface area contributed by atoms with Crippen LogP contribution in [0.3, 0.4) is 0 Å². The van der Waals surface area contributed by atoms with E-state index in [2.05, 4.69) is 40.3 Å². The van der Waals surface area contributed by atoms with E-state index < -0.39 is 0 Å². The van der Waals surface area contributed by atoms with E-state index >= 15 is 0 Å². The first-order valence-electron chi connectivity index (χ1n) is 15.1. The lowest BCUT2D eigenvalue weighted by Crippen LogP contribution is -2.30. The summed E-state index contributed by atoms with van der Waals surface area (Å²) >= 11 is 0. The number of carbonyl (C=O) groups is 3. The summed E-state index contributed by atoms with van der Waals surface area (Å²) < 4.78 is 5.22. The van der Waals surface area contributed by atoms with E-state index in [1.165, 1.54) is 11.1 Å². The Bertz CT molecular complexity index is 1020. The van der Waals surface area contributed by atoms with Gasteiger partial charge < -0.3 is 36.1 Å². The fourth-order valence-electron chi connectivity index (χ4n) is 3.70. The third-order valence-corrected chi connectivity index (χ3v) is 5.92. The molecule has 250 valence electrons. The van der Waals surface area contributed by atoms with Crippen molar-refractivity contribution in [2.24, 2.45) is 5.73 Å². The lowest BCUT2D eigenvalue weighted by molar-refractivity contribution is -0.122. The average molecular weight is 627 g/mol. The minimum absolute atomic E-state index is 0.230. The largest absolute Gasteiger partial charge is 0.483 e. The molecule has 0 aliphatic heterocycles. The summed E-state index contributed by atoms with van der Waals surface area (Å²) in [5.74, 6) is 0. The molecular weight excluding hydrogens is 572 g/mol. The third kappa shape index (κ3) is 28.4. The van der Waals surface area contributed by atoms with Crippen LogP contribution >= 0.6 is 0 Å². The Labute approximate surface area is 269 Å². The van der Waals surface area contributed by atoms with Gasteiger partial charge in [0.25, 0.3) is 6.47 Å². The van der Waals surface area contributed by atoms with E-state index in [0.717, 1.165) is 70.5 Å². The number of amides is 1. The quantitative estimate of drug-likeness (QED) is 0.0848. The number of ether oxygens (including phenoxy) is 1. The summed E-state index contributed by atoms with van der Waals surface area (Å²) in [6.45, 7) is 13.9. The maximum absolute atomic E-state index is 11.8. The lowest BCUT2D eigenvalue weighted by atomic mass is 10.2. The number of nitrogens with two attached hydrogens (primary N) is 1. The predicted octanol–water partition coefficient (Wildman–Crippen LogP) is 4.71. The van der Waals surface area contributed by atoms with Crippen LogP contribution in [-0.2, 0) is 27.5 Å². The first-order chi connectivity index (χ1) is 22.0. The molecule has 0 unspecified atom stereocenters. The van der Waals surface area contributed by atoms with Crippen LogP contribution in [0.4, 0.5) is 4.79 Å². The van der Waals surface area contributed by atoms with Crippen molar-refractivity contribution in [1.82, 2.24) is 15.5 Å². The van der Waals surface area contributed by atoms with Gasteiger partial charge in [0.15, 0.2) is 0 Å². The Morgan fingerprint density at radius 1 is 0.956 bits per heavy atom. The number of allylic oxidation sites excluding steroid dienone is 3. The van der Waals surface area contributed by atoms with Gasteiger partial charge in [0, 0.05) is 32.8 Å². The van der Waals surface area contributed by atoms with Crippen molar-refractivity contribution in [1.29, 1.82) is 0 Å². The molecule has 0 radical (unpaired) electrons. The summed E-state index contributed by atoms with van der Waals surface area (Å²) in [5.41, 5.74) is 8.83.